The predicted molar refractivity (Wildman–Crippen MR) is 47.1 cm³/mol. The van der Waals surface area contributed by atoms with E-state index < -0.39 is 29.3 Å². The number of nitrogens with zero attached hydrogens (tertiary/aromatic N) is 1. The molecule has 0 atom stereocenters. The average molecular weight is 218 g/mol. The molecule has 7 heteroatoms. The molecule has 1 rings (SSSR count). The van der Waals surface area contributed by atoms with E-state index in [4.69, 9.17) is 10.8 Å². The second-order valence-corrected chi connectivity index (χ2v) is 2.62. The summed E-state index contributed by atoms with van der Waals surface area (Å²) in [5.41, 5.74) is 3.45. The zero-order valence-electron chi connectivity index (χ0n) is 7.70. The highest BCUT2D eigenvalue weighted by atomic mass is 19.3. The topological polar surface area (TPSA) is 85.4 Å². The largest absolute Gasteiger partial charge is 0.481 e. The number of anilines is 1. The highest BCUT2D eigenvalue weighted by molar-refractivity contribution is 5.92. The summed E-state index contributed by atoms with van der Waals surface area (Å²) in [6.45, 7) is 0. The van der Waals surface area contributed by atoms with Crippen molar-refractivity contribution in [2.45, 2.75) is 6.43 Å². The number of nitrogen functional groups attached to an aromatic ring is 1. The number of rotatable bonds is 3. The lowest BCUT2D eigenvalue weighted by Crippen LogP contribution is -2.09. The van der Waals surface area contributed by atoms with Crippen molar-refractivity contribution >= 4 is 11.7 Å². The summed E-state index contributed by atoms with van der Waals surface area (Å²) in [6.07, 6.45) is -2.88. The number of carbonyl (C=O) groups is 1. The van der Waals surface area contributed by atoms with Crippen LogP contribution < -0.4 is 10.5 Å². The number of pyridine rings is 1. The van der Waals surface area contributed by atoms with Crippen molar-refractivity contribution in [1.29, 1.82) is 0 Å². The number of carboxylic acids is 1. The standard InChI is InChI=1S/C8H8F2N2O3/c1-15-4-2-3(7(9)10)5(11)6(12-4)8(13)14/h2,7H,11H2,1H3,(H,13,14). The van der Waals surface area contributed by atoms with Crippen LogP contribution in [0.15, 0.2) is 6.07 Å². The molecule has 0 aliphatic heterocycles. The number of aromatic nitrogens is 1. The molecule has 15 heavy (non-hydrogen) atoms. The molecule has 1 heterocycles. The third-order valence-electron chi connectivity index (χ3n) is 1.71. The maximum atomic E-state index is 12.4. The second kappa shape index (κ2) is 4.07. The lowest BCUT2D eigenvalue weighted by molar-refractivity contribution is 0.0690. The Labute approximate surface area is 83.5 Å². The van der Waals surface area contributed by atoms with E-state index in [1.54, 1.807) is 0 Å². The van der Waals surface area contributed by atoms with Crippen molar-refractivity contribution in [3.05, 3.63) is 17.3 Å². The van der Waals surface area contributed by atoms with Gasteiger partial charge in [-0.2, -0.15) is 0 Å². The first kappa shape index (κ1) is 11.2. The monoisotopic (exact) mass is 218 g/mol. The zero-order valence-corrected chi connectivity index (χ0v) is 7.70. The van der Waals surface area contributed by atoms with Gasteiger partial charge < -0.3 is 15.6 Å². The Bertz CT molecular complexity index is 396. The summed E-state index contributed by atoms with van der Waals surface area (Å²) in [5, 5.41) is 8.65. The molecule has 3 N–H and O–H groups in total. The lowest BCUT2D eigenvalue weighted by atomic mass is 10.2. The van der Waals surface area contributed by atoms with E-state index in [1.807, 2.05) is 0 Å². The van der Waals surface area contributed by atoms with Crippen LogP contribution in [0.3, 0.4) is 0 Å². The maximum absolute atomic E-state index is 12.4. The van der Waals surface area contributed by atoms with Gasteiger partial charge in [0.15, 0.2) is 5.69 Å². The molecule has 0 spiro atoms. The number of halogens is 2. The summed E-state index contributed by atoms with van der Waals surface area (Å²) in [7, 11) is 1.19. The number of carboxylic acid groups (broad SMARTS) is 1. The molecule has 0 fully saturated rings. The van der Waals surface area contributed by atoms with E-state index in [0.29, 0.717) is 0 Å². The molecular formula is C8H8F2N2O3. The minimum atomic E-state index is -2.88. The predicted octanol–water partition coefficient (Wildman–Crippen LogP) is 1.31. The molecule has 0 aromatic carbocycles. The molecule has 1 aromatic rings. The van der Waals surface area contributed by atoms with Crippen LogP contribution in [0.4, 0.5) is 14.5 Å². The van der Waals surface area contributed by atoms with E-state index in [0.717, 1.165) is 6.07 Å². The molecule has 82 valence electrons. The Kier molecular flexibility index (Phi) is 3.03. The van der Waals surface area contributed by atoms with Crippen LogP contribution in [0.25, 0.3) is 0 Å². The smallest absolute Gasteiger partial charge is 0.356 e. The van der Waals surface area contributed by atoms with Crippen molar-refractivity contribution in [1.82, 2.24) is 4.98 Å². The third kappa shape index (κ3) is 2.12. The first-order valence-electron chi connectivity index (χ1n) is 3.83. The van der Waals surface area contributed by atoms with Gasteiger partial charge in [-0.1, -0.05) is 0 Å². The summed E-state index contributed by atoms with van der Waals surface area (Å²) in [4.78, 5) is 14.1. The Balaban J connectivity index is 3.40. The van der Waals surface area contributed by atoms with Crippen molar-refractivity contribution in [3.8, 4) is 5.88 Å². The first-order chi connectivity index (χ1) is 6.97. The molecular weight excluding hydrogens is 210 g/mol. The molecule has 1 aromatic heterocycles. The van der Waals surface area contributed by atoms with Gasteiger partial charge in [0.25, 0.3) is 6.43 Å². The summed E-state index contributed by atoms with van der Waals surface area (Å²) < 4.78 is 29.5. The minimum Gasteiger partial charge on any atom is -0.481 e. The zero-order chi connectivity index (χ0) is 11.6. The van der Waals surface area contributed by atoms with Crippen LogP contribution in [0.1, 0.15) is 22.5 Å². The normalized spacial score (nSPS) is 10.4. The number of aromatic carboxylic acids is 1. The summed E-state index contributed by atoms with van der Waals surface area (Å²) >= 11 is 0. The number of hydrogen-bond donors (Lipinski definition) is 2. The highest BCUT2D eigenvalue weighted by Crippen LogP contribution is 2.29. The fraction of sp³-hybridized carbons (Fsp3) is 0.250. The number of methoxy groups -OCH3 is 1. The van der Waals surface area contributed by atoms with E-state index in [1.165, 1.54) is 7.11 Å². The van der Waals surface area contributed by atoms with Crippen molar-refractivity contribution < 1.29 is 23.4 Å². The molecule has 0 amide bonds. The van der Waals surface area contributed by atoms with Crippen LogP contribution in [-0.4, -0.2) is 23.2 Å². The molecule has 0 aliphatic rings. The number of hydrogen-bond acceptors (Lipinski definition) is 4. The number of nitrogens with two attached hydrogens (primary N) is 1. The SMILES string of the molecule is COc1cc(C(F)F)c(N)c(C(=O)O)n1. The van der Waals surface area contributed by atoms with Gasteiger partial charge in [-0.05, 0) is 0 Å². The van der Waals surface area contributed by atoms with E-state index >= 15 is 0 Å². The Morgan fingerprint density at radius 2 is 2.27 bits per heavy atom. The molecule has 0 saturated carbocycles. The van der Waals surface area contributed by atoms with Gasteiger partial charge in [-0.3, -0.25) is 0 Å². The van der Waals surface area contributed by atoms with Crippen LogP contribution in [-0.2, 0) is 0 Å². The summed E-state index contributed by atoms with van der Waals surface area (Å²) in [5.74, 6) is -1.69. The van der Waals surface area contributed by atoms with Crippen molar-refractivity contribution in [3.63, 3.8) is 0 Å². The number of alkyl halides is 2. The molecule has 0 saturated heterocycles. The molecule has 5 nitrogen and oxygen atoms in total. The third-order valence-corrected chi connectivity index (χ3v) is 1.71. The quantitative estimate of drug-likeness (QED) is 0.798. The second-order valence-electron chi connectivity index (χ2n) is 2.62. The fourth-order valence-corrected chi connectivity index (χ4v) is 0.998. The van der Waals surface area contributed by atoms with Gasteiger partial charge in [0.1, 0.15) is 0 Å². The maximum Gasteiger partial charge on any atom is 0.356 e. The lowest BCUT2D eigenvalue weighted by Gasteiger charge is -2.09. The molecule has 0 bridgehead atoms. The number of ether oxygens (including phenoxy) is 1. The highest BCUT2D eigenvalue weighted by Gasteiger charge is 2.21. The molecule has 0 aliphatic carbocycles. The Morgan fingerprint density at radius 3 is 2.67 bits per heavy atom. The Morgan fingerprint density at radius 1 is 1.67 bits per heavy atom. The minimum absolute atomic E-state index is 0.211. The van der Waals surface area contributed by atoms with Gasteiger partial charge in [0.05, 0.1) is 12.8 Å². The van der Waals surface area contributed by atoms with Gasteiger partial charge >= 0.3 is 5.97 Å². The van der Waals surface area contributed by atoms with Crippen LogP contribution in [0.2, 0.25) is 0 Å². The Hall–Kier alpha value is -1.92. The van der Waals surface area contributed by atoms with E-state index in [-0.39, 0.29) is 5.88 Å². The van der Waals surface area contributed by atoms with Gasteiger partial charge in [-0.15, -0.1) is 0 Å². The van der Waals surface area contributed by atoms with Crippen LogP contribution >= 0.6 is 0 Å². The van der Waals surface area contributed by atoms with Crippen LogP contribution in [0.5, 0.6) is 5.88 Å². The van der Waals surface area contributed by atoms with E-state index in [9.17, 15) is 13.6 Å². The molecule has 0 unspecified atom stereocenters. The van der Waals surface area contributed by atoms with Crippen molar-refractivity contribution in [2.24, 2.45) is 0 Å². The van der Waals surface area contributed by atoms with Gasteiger partial charge in [-0.25, -0.2) is 18.6 Å². The van der Waals surface area contributed by atoms with Gasteiger partial charge in [0.2, 0.25) is 5.88 Å². The first-order valence-corrected chi connectivity index (χ1v) is 3.83. The van der Waals surface area contributed by atoms with Gasteiger partial charge in [0, 0.05) is 11.6 Å². The summed E-state index contributed by atoms with van der Waals surface area (Å²) in [6, 6.07) is 0.909. The van der Waals surface area contributed by atoms with E-state index in [2.05, 4.69) is 9.72 Å². The molecule has 0 radical (unpaired) electrons. The fourth-order valence-electron chi connectivity index (χ4n) is 0.998. The van der Waals surface area contributed by atoms with Crippen LogP contribution in [0, 0.1) is 0 Å². The van der Waals surface area contributed by atoms with Crippen molar-refractivity contribution in [2.75, 3.05) is 12.8 Å². The average Bonchev–Trinajstić information content (AvgIpc) is 2.17.